The summed E-state index contributed by atoms with van der Waals surface area (Å²) in [6.45, 7) is 0. The minimum atomic E-state index is -6.02. The summed E-state index contributed by atoms with van der Waals surface area (Å²) in [5, 5.41) is 8.39. The predicted octanol–water partition coefficient (Wildman–Crippen LogP) is 2.09. The molecule has 1 aromatic heterocycles. The molecule has 0 aliphatic carbocycles. The molecular formula is C8H4F5NO3. The molecule has 0 aromatic carbocycles. The molecule has 0 saturated carbocycles. The number of carboxylic acids is 1. The van der Waals surface area contributed by atoms with Crippen LogP contribution in [0.4, 0.5) is 22.0 Å². The Kier molecular flexibility index (Phi) is 2.96. The first-order valence-electron chi connectivity index (χ1n) is 3.98. The SMILES string of the molecule is O=C(O)c1cc(C(=O)C(F)(F)C(F)(F)F)c[nH]1. The molecule has 0 amide bonds. The third kappa shape index (κ3) is 2.27. The van der Waals surface area contributed by atoms with E-state index in [1.54, 1.807) is 0 Å². The lowest BCUT2D eigenvalue weighted by Gasteiger charge is -2.17. The number of carboxylic acid groups (broad SMARTS) is 1. The van der Waals surface area contributed by atoms with E-state index in [4.69, 9.17) is 5.11 Å². The van der Waals surface area contributed by atoms with Gasteiger partial charge in [0.1, 0.15) is 5.69 Å². The lowest BCUT2D eigenvalue weighted by molar-refractivity contribution is -0.255. The fourth-order valence-corrected chi connectivity index (χ4v) is 0.959. The molecule has 1 aromatic rings. The number of halogens is 5. The number of Topliss-reactive ketones (excluding diaryl/α,β-unsaturated/α-hetero) is 1. The maximum Gasteiger partial charge on any atom is 0.461 e. The quantitative estimate of drug-likeness (QED) is 0.643. The van der Waals surface area contributed by atoms with Crippen molar-refractivity contribution in [3.05, 3.63) is 23.5 Å². The van der Waals surface area contributed by atoms with Gasteiger partial charge >= 0.3 is 18.1 Å². The fraction of sp³-hybridized carbons (Fsp3) is 0.250. The first kappa shape index (κ1) is 13.1. The number of aromatic amines is 1. The molecule has 9 heteroatoms. The molecule has 0 radical (unpaired) electrons. The maximum atomic E-state index is 12.6. The molecule has 1 heterocycles. The summed E-state index contributed by atoms with van der Waals surface area (Å²) >= 11 is 0. The van der Waals surface area contributed by atoms with Gasteiger partial charge in [-0.25, -0.2) is 4.79 Å². The van der Waals surface area contributed by atoms with E-state index < -0.39 is 35.1 Å². The average molecular weight is 257 g/mol. The largest absolute Gasteiger partial charge is 0.477 e. The van der Waals surface area contributed by atoms with Crippen molar-refractivity contribution in [2.45, 2.75) is 12.1 Å². The molecule has 0 unspecified atom stereocenters. The van der Waals surface area contributed by atoms with Crippen molar-refractivity contribution in [2.24, 2.45) is 0 Å². The molecule has 0 fully saturated rings. The molecule has 17 heavy (non-hydrogen) atoms. The second kappa shape index (κ2) is 3.82. The normalized spacial score (nSPS) is 12.5. The third-order valence-electron chi connectivity index (χ3n) is 1.82. The minimum Gasteiger partial charge on any atom is -0.477 e. The van der Waals surface area contributed by atoms with E-state index in [1.807, 2.05) is 4.98 Å². The molecule has 0 bridgehead atoms. The number of carbonyl (C=O) groups is 2. The number of rotatable bonds is 3. The Balaban J connectivity index is 3.09. The van der Waals surface area contributed by atoms with Crippen LogP contribution in [0.3, 0.4) is 0 Å². The van der Waals surface area contributed by atoms with Gasteiger partial charge in [-0.15, -0.1) is 0 Å². The number of aromatic nitrogens is 1. The van der Waals surface area contributed by atoms with Crippen LogP contribution >= 0.6 is 0 Å². The van der Waals surface area contributed by atoms with Crippen molar-refractivity contribution < 1.29 is 36.6 Å². The summed E-state index contributed by atoms with van der Waals surface area (Å²) in [7, 11) is 0. The van der Waals surface area contributed by atoms with Crippen molar-refractivity contribution in [1.82, 2.24) is 4.98 Å². The van der Waals surface area contributed by atoms with Crippen molar-refractivity contribution in [2.75, 3.05) is 0 Å². The molecule has 0 atom stereocenters. The van der Waals surface area contributed by atoms with Crippen molar-refractivity contribution >= 4 is 11.8 Å². The lowest BCUT2D eigenvalue weighted by Crippen LogP contribution is -2.43. The molecule has 0 aliphatic heterocycles. The third-order valence-corrected chi connectivity index (χ3v) is 1.82. The maximum absolute atomic E-state index is 12.6. The lowest BCUT2D eigenvalue weighted by atomic mass is 10.1. The van der Waals surface area contributed by atoms with Gasteiger partial charge in [-0.3, -0.25) is 4.79 Å². The van der Waals surface area contributed by atoms with Gasteiger partial charge < -0.3 is 10.1 Å². The molecular weight excluding hydrogens is 253 g/mol. The Morgan fingerprint density at radius 2 is 1.71 bits per heavy atom. The van der Waals surface area contributed by atoms with Crippen LogP contribution in [0, 0.1) is 0 Å². The standard InChI is InChI=1S/C8H4F5NO3/c9-7(10,8(11,12)13)5(15)3-1-4(6(16)17)14-2-3/h1-2,14H,(H,16,17). The zero-order chi connectivity index (χ0) is 13.4. The van der Waals surface area contributed by atoms with Crippen LogP contribution in [-0.4, -0.2) is 33.9 Å². The Morgan fingerprint density at radius 1 is 1.18 bits per heavy atom. The topological polar surface area (TPSA) is 70.2 Å². The van der Waals surface area contributed by atoms with Gasteiger partial charge in [0.2, 0.25) is 5.78 Å². The Labute approximate surface area is 90.0 Å². The molecule has 0 aliphatic rings. The average Bonchev–Trinajstić information content (AvgIpc) is 2.63. The van der Waals surface area contributed by atoms with Gasteiger partial charge in [0, 0.05) is 11.8 Å². The van der Waals surface area contributed by atoms with Crippen LogP contribution in [0.2, 0.25) is 0 Å². The smallest absolute Gasteiger partial charge is 0.461 e. The predicted molar refractivity (Wildman–Crippen MR) is 43.1 cm³/mol. The van der Waals surface area contributed by atoms with Crippen molar-refractivity contribution in [1.29, 1.82) is 0 Å². The number of nitrogens with one attached hydrogen (secondary N) is 1. The summed E-state index contributed by atoms with van der Waals surface area (Å²) in [6.07, 6.45) is -5.55. The van der Waals surface area contributed by atoms with Gasteiger partial charge in [-0.1, -0.05) is 0 Å². The zero-order valence-corrected chi connectivity index (χ0v) is 7.81. The fourth-order valence-electron chi connectivity index (χ4n) is 0.959. The van der Waals surface area contributed by atoms with Crippen LogP contribution in [0.15, 0.2) is 12.3 Å². The number of hydrogen-bond acceptors (Lipinski definition) is 2. The first-order chi connectivity index (χ1) is 7.57. The first-order valence-corrected chi connectivity index (χ1v) is 3.98. The van der Waals surface area contributed by atoms with Crippen LogP contribution in [0.5, 0.6) is 0 Å². The molecule has 0 saturated heterocycles. The highest BCUT2D eigenvalue weighted by Gasteiger charge is 2.63. The Bertz CT molecular complexity index is 462. The molecule has 2 N–H and O–H groups in total. The minimum absolute atomic E-state index is 0.407. The second-order valence-corrected chi connectivity index (χ2v) is 3.01. The van der Waals surface area contributed by atoms with Crippen molar-refractivity contribution in [3.8, 4) is 0 Å². The number of H-pyrrole nitrogens is 1. The summed E-state index contributed by atoms with van der Waals surface area (Å²) in [4.78, 5) is 23.1. The van der Waals surface area contributed by atoms with Crippen LogP contribution in [0.25, 0.3) is 0 Å². The van der Waals surface area contributed by atoms with Gasteiger partial charge in [0.05, 0.1) is 0 Å². The van der Waals surface area contributed by atoms with Gasteiger partial charge in [-0.05, 0) is 6.07 Å². The number of aromatic carboxylic acids is 1. The zero-order valence-electron chi connectivity index (χ0n) is 7.81. The summed E-state index contributed by atoms with van der Waals surface area (Å²) < 4.78 is 60.7. The number of carbonyl (C=O) groups excluding carboxylic acids is 1. The van der Waals surface area contributed by atoms with E-state index in [1.165, 1.54) is 0 Å². The Morgan fingerprint density at radius 3 is 2.06 bits per heavy atom. The highest BCUT2D eigenvalue weighted by Crippen LogP contribution is 2.37. The van der Waals surface area contributed by atoms with Crippen LogP contribution in [-0.2, 0) is 0 Å². The summed E-state index contributed by atoms with van der Waals surface area (Å²) in [5.74, 6) is -9.64. The molecule has 0 spiro atoms. The molecule has 94 valence electrons. The van der Waals surface area contributed by atoms with E-state index in [0.717, 1.165) is 0 Å². The second-order valence-electron chi connectivity index (χ2n) is 3.01. The summed E-state index contributed by atoms with van der Waals surface area (Å²) in [6, 6.07) is 0.407. The van der Waals surface area contributed by atoms with Crippen molar-refractivity contribution in [3.63, 3.8) is 0 Å². The number of alkyl halides is 5. The Hall–Kier alpha value is -1.93. The van der Waals surface area contributed by atoms with Crippen LogP contribution < -0.4 is 0 Å². The summed E-state index contributed by atoms with van der Waals surface area (Å²) in [5.41, 5.74) is -1.71. The van der Waals surface area contributed by atoms with E-state index in [2.05, 4.69) is 0 Å². The van der Waals surface area contributed by atoms with Gasteiger partial charge in [0.15, 0.2) is 0 Å². The van der Waals surface area contributed by atoms with Gasteiger partial charge in [0.25, 0.3) is 0 Å². The van der Waals surface area contributed by atoms with E-state index in [0.29, 0.717) is 12.3 Å². The number of hydrogen-bond donors (Lipinski definition) is 2. The van der Waals surface area contributed by atoms with E-state index in [-0.39, 0.29) is 0 Å². The highest BCUT2D eigenvalue weighted by molar-refractivity contribution is 6.03. The van der Waals surface area contributed by atoms with E-state index in [9.17, 15) is 31.5 Å². The van der Waals surface area contributed by atoms with E-state index >= 15 is 0 Å². The molecule has 4 nitrogen and oxygen atoms in total. The number of ketones is 1. The van der Waals surface area contributed by atoms with Crippen LogP contribution in [0.1, 0.15) is 20.8 Å². The highest BCUT2D eigenvalue weighted by atomic mass is 19.4. The monoisotopic (exact) mass is 257 g/mol. The van der Waals surface area contributed by atoms with Gasteiger partial charge in [-0.2, -0.15) is 22.0 Å². The molecule has 1 rings (SSSR count).